The molecule has 136 valence electrons. The number of carbonyl (C=O) groups excluding carboxylic acids is 2. The summed E-state index contributed by atoms with van der Waals surface area (Å²) in [5, 5.41) is 9.11. The number of amides is 2. The Morgan fingerprint density at radius 2 is 1.63 bits per heavy atom. The van der Waals surface area contributed by atoms with Crippen LogP contribution in [0.15, 0.2) is 51.7 Å². The molecule has 2 amide bonds. The predicted molar refractivity (Wildman–Crippen MR) is 93.9 cm³/mol. The Labute approximate surface area is 152 Å². The summed E-state index contributed by atoms with van der Waals surface area (Å²) < 4.78 is 6.42. The predicted octanol–water partition coefficient (Wildman–Crippen LogP) is 1.98. The Balaban J connectivity index is 1.53. The summed E-state index contributed by atoms with van der Waals surface area (Å²) in [5.41, 5.74) is 1.43. The minimum absolute atomic E-state index is 0.0393. The smallest absolute Gasteiger partial charge is 0.419 e. The molecule has 1 aliphatic heterocycles. The van der Waals surface area contributed by atoms with Crippen molar-refractivity contribution in [3.63, 3.8) is 0 Å². The second-order valence-corrected chi connectivity index (χ2v) is 6.17. The van der Waals surface area contributed by atoms with Gasteiger partial charge in [-0.05, 0) is 36.8 Å². The van der Waals surface area contributed by atoms with Gasteiger partial charge in [0.15, 0.2) is 5.58 Å². The molecule has 0 spiro atoms. The van der Waals surface area contributed by atoms with Gasteiger partial charge in [-0.1, -0.05) is 12.1 Å². The Hall–Kier alpha value is -3.68. The topological polar surface area (TPSA) is 110 Å². The highest BCUT2D eigenvalue weighted by molar-refractivity contribution is 6.21. The van der Waals surface area contributed by atoms with E-state index in [-0.39, 0.29) is 36.1 Å². The number of imide groups is 1. The van der Waals surface area contributed by atoms with Gasteiger partial charge in [-0.2, -0.15) is 0 Å². The zero-order valence-corrected chi connectivity index (χ0v) is 14.0. The molecule has 3 aromatic rings. The van der Waals surface area contributed by atoms with Crippen LogP contribution in [0.3, 0.4) is 0 Å². The Morgan fingerprint density at radius 3 is 2.26 bits per heavy atom. The van der Waals surface area contributed by atoms with E-state index in [2.05, 4.69) is 0 Å². The second kappa shape index (κ2) is 6.24. The molecule has 0 bridgehead atoms. The van der Waals surface area contributed by atoms with Crippen LogP contribution in [0.2, 0.25) is 0 Å². The first kappa shape index (κ1) is 16.8. The number of nitrogens with zero attached hydrogens (tertiary/aromatic N) is 2. The zero-order valence-electron chi connectivity index (χ0n) is 14.0. The van der Waals surface area contributed by atoms with Gasteiger partial charge in [-0.15, -0.1) is 0 Å². The number of aromatic nitrogens is 1. The summed E-state index contributed by atoms with van der Waals surface area (Å²) in [6, 6.07) is 10.8. The van der Waals surface area contributed by atoms with Crippen LogP contribution in [0.4, 0.5) is 0 Å². The number of hydrogen-bond acceptors (Lipinski definition) is 5. The van der Waals surface area contributed by atoms with Gasteiger partial charge in [0.2, 0.25) is 0 Å². The second-order valence-electron chi connectivity index (χ2n) is 6.17. The van der Waals surface area contributed by atoms with Crippen molar-refractivity contribution in [2.45, 2.75) is 13.0 Å². The van der Waals surface area contributed by atoms with Crippen LogP contribution < -0.4 is 5.76 Å². The highest BCUT2D eigenvalue weighted by atomic mass is 16.4. The fourth-order valence-electron chi connectivity index (χ4n) is 3.24. The van der Waals surface area contributed by atoms with Crippen LogP contribution in [-0.4, -0.2) is 38.9 Å². The molecule has 1 N–H and O–H groups in total. The number of benzene rings is 2. The molecule has 0 fully saturated rings. The molecule has 0 aliphatic carbocycles. The van der Waals surface area contributed by atoms with E-state index in [1.807, 2.05) is 0 Å². The van der Waals surface area contributed by atoms with Gasteiger partial charge in [-0.25, -0.2) is 9.59 Å². The number of carboxylic acids is 1. The number of carboxylic acid groups (broad SMARTS) is 1. The van der Waals surface area contributed by atoms with E-state index in [1.165, 1.54) is 22.8 Å². The maximum Gasteiger partial charge on any atom is 0.419 e. The van der Waals surface area contributed by atoms with Crippen LogP contribution in [0.1, 0.15) is 37.5 Å². The lowest BCUT2D eigenvalue weighted by Gasteiger charge is -2.13. The number of aryl methyl sites for hydroxylation is 1. The van der Waals surface area contributed by atoms with Crippen LogP contribution in [0.25, 0.3) is 11.1 Å². The minimum Gasteiger partial charge on any atom is -0.478 e. The van der Waals surface area contributed by atoms with E-state index in [9.17, 15) is 19.2 Å². The van der Waals surface area contributed by atoms with Gasteiger partial charge < -0.3 is 9.52 Å². The van der Waals surface area contributed by atoms with Gasteiger partial charge in [0.05, 0.1) is 22.2 Å². The van der Waals surface area contributed by atoms with Gasteiger partial charge in [-0.3, -0.25) is 19.1 Å². The Kier molecular flexibility index (Phi) is 3.88. The molecule has 8 heteroatoms. The summed E-state index contributed by atoms with van der Waals surface area (Å²) in [6.45, 7) is 0.326. The highest BCUT2D eigenvalue weighted by Crippen LogP contribution is 2.23. The first-order chi connectivity index (χ1) is 13.0. The monoisotopic (exact) mass is 366 g/mol. The average molecular weight is 366 g/mol. The molecule has 0 saturated heterocycles. The van der Waals surface area contributed by atoms with Crippen LogP contribution in [0, 0.1) is 0 Å². The lowest BCUT2D eigenvalue weighted by Crippen LogP contribution is -2.31. The fraction of sp³-hybridized carbons (Fsp3) is 0.158. The molecule has 27 heavy (non-hydrogen) atoms. The van der Waals surface area contributed by atoms with Crippen molar-refractivity contribution >= 4 is 28.9 Å². The van der Waals surface area contributed by atoms with Crippen LogP contribution >= 0.6 is 0 Å². The zero-order chi connectivity index (χ0) is 19.1. The van der Waals surface area contributed by atoms with E-state index < -0.39 is 11.7 Å². The summed E-state index contributed by atoms with van der Waals surface area (Å²) in [7, 11) is 0. The molecular formula is C19H14N2O6. The third-order valence-corrected chi connectivity index (χ3v) is 4.56. The van der Waals surface area contributed by atoms with Crippen LogP contribution in [-0.2, 0) is 6.54 Å². The largest absolute Gasteiger partial charge is 0.478 e. The maximum atomic E-state index is 12.4. The fourth-order valence-corrected chi connectivity index (χ4v) is 3.24. The number of aromatic carboxylic acids is 1. The summed E-state index contributed by atoms with van der Waals surface area (Å²) in [4.78, 5) is 49.0. The molecule has 2 heterocycles. The van der Waals surface area contributed by atoms with E-state index in [1.54, 1.807) is 24.3 Å². The molecule has 1 aromatic heterocycles. The molecule has 0 saturated carbocycles. The van der Waals surface area contributed by atoms with Crippen molar-refractivity contribution in [1.29, 1.82) is 0 Å². The number of carbonyl (C=O) groups is 3. The maximum absolute atomic E-state index is 12.4. The lowest BCUT2D eigenvalue weighted by molar-refractivity contribution is 0.0647. The quantitative estimate of drug-likeness (QED) is 0.692. The number of oxazole rings is 1. The number of hydrogen-bond donors (Lipinski definition) is 1. The van der Waals surface area contributed by atoms with E-state index in [0.717, 1.165) is 4.90 Å². The molecule has 1 aliphatic rings. The first-order valence-corrected chi connectivity index (χ1v) is 8.29. The van der Waals surface area contributed by atoms with E-state index >= 15 is 0 Å². The van der Waals surface area contributed by atoms with Crippen molar-refractivity contribution in [3.8, 4) is 0 Å². The van der Waals surface area contributed by atoms with Gasteiger partial charge in [0.25, 0.3) is 11.8 Å². The van der Waals surface area contributed by atoms with E-state index in [0.29, 0.717) is 23.1 Å². The van der Waals surface area contributed by atoms with Crippen LogP contribution in [0.5, 0.6) is 0 Å². The van der Waals surface area contributed by atoms with Gasteiger partial charge in [0, 0.05) is 13.1 Å². The average Bonchev–Trinajstić information content (AvgIpc) is 3.10. The Morgan fingerprint density at radius 1 is 0.963 bits per heavy atom. The third-order valence-electron chi connectivity index (χ3n) is 4.56. The molecule has 2 aromatic carbocycles. The SMILES string of the molecule is O=C(O)c1ccc2oc(=O)n(CCCN3C(=O)c4ccccc4C3=O)c2c1. The molecular weight excluding hydrogens is 352 g/mol. The molecule has 8 nitrogen and oxygen atoms in total. The van der Waals surface area contributed by atoms with E-state index in [4.69, 9.17) is 9.52 Å². The summed E-state index contributed by atoms with van der Waals surface area (Å²) >= 11 is 0. The minimum atomic E-state index is -1.11. The normalized spacial score (nSPS) is 13.4. The lowest BCUT2D eigenvalue weighted by atomic mass is 10.1. The summed E-state index contributed by atoms with van der Waals surface area (Å²) in [6.07, 6.45) is 0.331. The summed E-state index contributed by atoms with van der Waals surface area (Å²) in [5.74, 6) is -2.43. The molecule has 0 atom stereocenters. The van der Waals surface area contributed by atoms with Crippen molar-refractivity contribution in [2.24, 2.45) is 0 Å². The standard InChI is InChI=1S/C19H14N2O6/c22-16-12-4-1-2-5-13(12)17(23)21(16)9-3-8-20-14-10-11(18(24)25)6-7-15(14)27-19(20)26/h1-2,4-7,10H,3,8-9H2,(H,24,25). The molecule has 4 rings (SSSR count). The number of fused-ring (bicyclic) bond motifs is 2. The number of rotatable bonds is 5. The van der Waals surface area contributed by atoms with Crippen molar-refractivity contribution in [3.05, 3.63) is 69.7 Å². The molecule has 0 radical (unpaired) electrons. The first-order valence-electron chi connectivity index (χ1n) is 8.29. The third kappa shape index (κ3) is 2.71. The van der Waals surface area contributed by atoms with Crippen molar-refractivity contribution in [2.75, 3.05) is 6.54 Å². The van der Waals surface area contributed by atoms with Crippen molar-refractivity contribution in [1.82, 2.24) is 9.47 Å². The van der Waals surface area contributed by atoms with Gasteiger partial charge in [0.1, 0.15) is 0 Å². The van der Waals surface area contributed by atoms with Crippen molar-refractivity contribution < 1.29 is 23.9 Å². The Bertz CT molecular complexity index is 1120. The van der Waals surface area contributed by atoms with Gasteiger partial charge >= 0.3 is 11.7 Å². The molecule has 0 unspecified atom stereocenters. The highest BCUT2D eigenvalue weighted by Gasteiger charge is 2.34.